The summed E-state index contributed by atoms with van der Waals surface area (Å²) in [6.45, 7) is 4.03. The zero-order valence-electron chi connectivity index (χ0n) is 23.0. The van der Waals surface area contributed by atoms with Crippen molar-refractivity contribution in [2.24, 2.45) is 0 Å². The van der Waals surface area contributed by atoms with Gasteiger partial charge in [-0.1, -0.05) is 12.1 Å². The van der Waals surface area contributed by atoms with Gasteiger partial charge in [0.2, 0.25) is 5.95 Å². The molecule has 0 atom stereocenters. The van der Waals surface area contributed by atoms with E-state index in [9.17, 15) is 9.90 Å². The smallest absolute Gasteiger partial charge is 0.284 e. The largest absolute Gasteiger partial charge is 0.490 e. The molecule has 1 aliphatic heterocycles. The third-order valence-corrected chi connectivity index (χ3v) is 7.47. The van der Waals surface area contributed by atoms with E-state index in [0.29, 0.717) is 34.1 Å². The molecule has 0 amide bonds. The average Bonchev–Trinajstić information content (AvgIpc) is 3.36. The summed E-state index contributed by atoms with van der Waals surface area (Å²) in [4.78, 5) is 37.0. The SMILES string of the molecule is CN1CCN(c2ccc(Nc3ncc4c(=O)n5c(nc4n3)c3c(OCCO)cccc3n5-c3ccccn3)cc2)CC1. The van der Waals surface area contributed by atoms with Crippen LogP contribution in [0.2, 0.25) is 0 Å². The molecule has 42 heavy (non-hydrogen) atoms. The van der Waals surface area contributed by atoms with Crippen LogP contribution in [0.5, 0.6) is 5.75 Å². The maximum absolute atomic E-state index is 13.9. The van der Waals surface area contributed by atoms with Crippen molar-refractivity contribution in [1.82, 2.24) is 34.0 Å². The van der Waals surface area contributed by atoms with Gasteiger partial charge in [-0.2, -0.15) is 9.50 Å². The van der Waals surface area contributed by atoms with Crippen molar-refractivity contribution >= 4 is 44.9 Å². The Morgan fingerprint density at radius 2 is 1.79 bits per heavy atom. The van der Waals surface area contributed by atoms with Crippen molar-refractivity contribution in [3.05, 3.63) is 83.4 Å². The van der Waals surface area contributed by atoms with Crippen LogP contribution in [0.3, 0.4) is 0 Å². The maximum atomic E-state index is 13.9. The number of anilines is 3. The molecule has 1 aliphatic rings. The molecule has 0 radical (unpaired) electrons. The molecule has 12 nitrogen and oxygen atoms in total. The summed E-state index contributed by atoms with van der Waals surface area (Å²) in [7, 11) is 2.14. The molecule has 1 fully saturated rings. The number of piperazine rings is 1. The Hall–Kier alpha value is -5.07. The summed E-state index contributed by atoms with van der Waals surface area (Å²) < 4.78 is 9.02. The quantitative estimate of drug-likeness (QED) is 0.299. The van der Waals surface area contributed by atoms with Crippen molar-refractivity contribution in [3.8, 4) is 11.6 Å². The number of ether oxygens (including phenoxy) is 1. The van der Waals surface area contributed by atoms with Crippen LogP contribution >= 0.6 is 0 Å². The fourth-order valence-electron chi connectivity index (χ4n) is 5.33. The Morgan fingerprint density at radius 3 is 2.55 bits per heavy atom. The number of hydrogen-bond donors (Lipinski definition) is 2. The zero-order chi connectivity index (χ0) is 28.6. The molecule has 0 bridgehead atoms. The fraction of sp³-hybridized carbons (Fsp3) is 0.233. The number of likely N-dealkylation sites (N-methyl/N-ethyl adjacent to an activating group) is 1. The van der Waals surface area contributed by atoms with Gasteiger partial charge in [-0.05, 0) is 55.6 Å². The van der Waals surface area contributed by atoms with E-state index in [1.54, 1.807) is 16.9 Å². The minimum atomic E-state index is -0.340. The van der Waals surface area contributed by atoms with Crippen molar-refractivity contribution in [2.75, 3.05) is 56.7 Å². The van der Waals surface area contributed by atoms with Gasteiger partial charge in [0.15, 0.2) is 17.1 Å². The molecule has 0 aliphatic carbocycles. The van der Waals surface area contributed by atoms with E-state index in [1.807, 2.05) is 42.5 Å². The summed E-state index contributed by atoms with van der Waals surface area (Å²) in [6.07, 6.45) is 3.16. The first-order valence-electron chi connectivity index (χ1n) is 13.8. The number of aliphatic hydroxyl groups is 1. The molecule has 0 unspecified atom stereocenters. The molecule has 2 N–H and O–H groups in total. The van der Waals surface area contributed by atoms with Gasteiger partial charge < -0.3 is 25.0 Å². The van der Waals surface area contributed by atoms with Crippen LogP contribution in [0.4, 0.5) is 17.3 Å². The van der Waals surface area contributed by atoms with E-state index in [-0.39, 0.29) is 29.8 Å². The Kier molecular flexibility index (Phi) is 6.61. The van der Waals surface area contributed by atoms with Crippen molar-refractivity contribution in [2.45, 2.75) is 0 Å². The van der Waals surface area contributed by atoms with Crippen molar-refractivity contribution in [1.29, 1.82) is 0 Å². The van der Waals surface area contributed by atoms with Crippen LogP contribution in [0.1, 0.15) is 0 Å². The minimum absolute atomic E-state index is 0.0989. The van der Waals surface area contributed by atoms with Gasteiger partial charge >= 0.3 is 0 Å². The molecule has 12 heteroatoms. The van der Waals surface area contributed by atoms with Crippen LogP contribution in [0.15, 0.2) is 77.9 Å². The Balaban J connectivity index is 1.31. The summed E-state index contributed by atoms with van der Waals surface area (Å²) in [6, 6.07) is 19.1. The Bertz CT molecular complexity index is 1950. The molecule has 1 saturated heterocycles. The Morgan fingerprint density at radius 1 is 0.952 bits per heavy atom. The van der Waals surface area contributed by atoms with Gasteiger partial charge in [0.05, 0.1) is 17.5 Å². The lowest BCUT2D eigenvalue weighted by Crippen LogP contribution is -2.44. The van der Waals surface area contributed by atoms with Crippen LogP contribution in [0.25, 0.3) is 33.4 Å². The van der Waals surface area contributed by atoms with E-state index in [2.05, 4.69) is 49.2 Å². The molecular formula is C30H29N9O3. The predicted octanol–water partition coefficient (Wildman–Crippen LogP) is 2.84. The summed E-state index contributed by atoms with van der Waals surface area (Å²) in [5, 5.41) is 13.5. The first kappa shape index (κ1) is 25.9. The lowest BCUT2D eigenvalue weighted by atomic mass is 10.2. The maximum Gasteiger partial charge on any atom is 0.284 e. The monoisotopic (exact) mass is 563 g/mol. The Labute approximate surface area is 240 Å². The third-order valence-electron chi connectivity index (χ3n) is 7.47. The molecule has 7 rings (SSSR count). The number of benzene rings is 2. The summed E-state index contributed by atoms with van der Waals surface area (Å²) in [5.41, 5.74) is 2.96. The van der Waals surface area contributed by atoms with Crippen LogP contribution < -0.4 is 20.5 Å². The van der Waals surface area contributed by atoms with Gasteiger partial charge in [-0.25, -0.2) is 19.6 Å². The normalized spacial score (nSPS) is 14.2. The van der Waals surface area contributed by atoms with E-state index >= 15 is 0 Å². The van der Waals surface area contributed by atoms with Gasteiger partial charge in [0, 0.05) is 49.9 Å². The van der Waals surface area contributed by atoms with E-state index in [0.717, 1.165) is 31.9 Å². The standard InChI is InChI=1S/C30H29N9O3/c1-36-13-15-37(16-14-36)21-10-8-20(9-11-21)33-30-32-19-22-27(35-30)34-28-26-23(5-4-6-24(26)42-18-17-40)38(39(28)29(22)41)25-7-2-3-12-31-25/h2-12,19,40H,13-18H2,1H3,(H,32,33,35). The first-order chi connectivity index (χ1) is 20.6. The molecule has 4 aromatic heterocycles. The van der Waals surface area contributed by atoms with Crippen molar-refractivity contribution in [3.63, 3.8) is 0 Å². The molecule has 0 spiro atoms. The highest BCUT2D eigenvalue weighted by atomic mass is 16.5. The molecular weight excluding hydrogens is 534 g/mol. The number of nitrogens with one attached hydrogen (secondary N) is 1. The highest BCUT2D eigenvalue weighted by Crippen LogP contribution is 2.32. The summed E-state index contributed by atoms with van der Waals surface area (Å²) in [5.74, 6) is 1.36. The number of aliphatic hydroxyl groups excluding tert-OH is 1. The lowest BCUT2D eigenvalue weighted by molar-refractivity contribution is 0.203. The van der Waals surface area contributed by atoms with E-state index < -0.39 is 0 Å². The number of hydrogen-bond acceptors (Lipinski definition) is 10. The minimum Gasteiger partial charge on any atom is -0.490 e. The predicted molar refractivity (Wildman–Crippen MR) is 161 cm³/mol. The van der Waals surface area contributed by atoms with E-state index in [1.165, 1.54) is 16.4 Å². The highest BCUT2D eigenvalue weighted by Gasteiger charge is 2.22. The molecule has 2 aromatic carbocycles. The number of fused-ring (bicyclic) bond motifs is 4. The fourth-order valence-corrected chi connectivity index (χ4v) is 5.33. The number of pyridine rings is 1. The van der Waals surface area contributed by atoms with Gasteiger partial charge in [0.25, 0.3) is 5.56 Å². The van der Waals surface area contributed by atoms with Crippen LogP contribution in [-0.4, -0.2) is 85.6 Å². The topological polar surface area (TPSA) is 126 Å². The second kappa shape index (κ2) is 10.7. The van der Waals surface area contributed by atoms with Gasteiger partial charge in [-0.15, -0.1) is 0 Å². The lowest BCUT2D eigenvalue weighted by Gasteiger charge is -2.34. The van der Waals surface area contributed by atoms with E-state index in [4.69, 9.17) is 9.72 Å². The van der Waals surface area contributed by atoms with Crippen molar-refractivity contribution < 1.29 is 9.84 Å². The number of rotatable bonds is 7. The molecule has 5 heterocycles. The average molecular weight is 564 g/mol. The number of nitrogens with zero attached hydrogens (tertiary/aromatic N) is 8. The van der Waals surface area contributed by atoms with Gasteiger partial charge in [-0.3, -0.25) is 4.79 Å². The molecule has 0 saturated carbocycles. The van der Waals surface area contributed by atoms with Crippen LogP contribution in [-0.2, 0) is 0 Å². The van der Waals surface area contributed by atoms with Gasteiger partial charge in [0.1, 0.15) is 17.7 Å². The molecule has 6 aromatic rings. The third kappa shape index (κ3) is 4.56. The highest BCUT2D eigenvalue weighted by molar-refractivity contribution is 6.00. The second-order valence-corrected chi connectivity index (χ2v) is 10.2. The number of aromatic nitrogens is 6. The van der Waals surface area contributed by atoms with Crippen LogP contribution in [0, 0.1) is 0 Å². The summed E-state index contributed by atoms with van der Waals surface area (Å²) >= 11 is 0. The zero-order valence-corrected chi connectivity index (χ0v) is 23.0. The molecule has 212 valence electrons. The second-order valence-electron chi connectivity index (χ2n) is 10.2. The first-order valence-corrected chi connectivity index (χ1v) is 13.8.